The molecule has 1 rings (SSSR count). The van der Waals surface area contributed by atoms with Crippen LogP contribution in [0.3, 0.4) is 0 Å². The van der Waals surface area contributed by atoms with E-state index in [1.807, 2.05) is 4.90 Å². The van der Waals surface area contributed by atoms with E-state index < -0.39 is 29.3 Å². The molecule has 6 nitrogen and oxygen atoms in total. The van der Waals surface area contributed by atoms with E-state index in [4.69, 9.17) is 4.74 Å². The van der Waals surface area contributed by atoms with Crippen LogP contribution in [0.15, 0.2) is 24.3 Å². The largest absolute Gasteiger partial charge is 0.444 e. The molecule has 0 atom stereocenters. The van der Waals surface area contributed by atoms with E-state index in [1.165, 1.54) is 23.1 Å². The summed E-state index contributed by atoms with van der Waals surface area (Å²) in [5.41, 5.74) is -1.50. The van der Waals surface area contributed by atoms with Crippen LogP contribution in [0.1, 0.15) is 31.9 Å². The number of hydrogen-bond acceptors (Lipinski definition) is 4. The topological polar surface area (TPSA) is 61.9 Å². The average molecular weight is 403 g/mol. The van der Waals surface area contributed by atoms with Gasteiger partial charge in [-0.3, -0.25) is 4.79 Å². The summed E-state index contributed by atoms with van der Waals surface area (Å²) in [5, 5.41) is 2.35. The number of benzene rings is 1. The van der Waals surface area contributed by atoms with Crippen LogP contribution in [-0.4, -0.2) is 61.1 Å². The Labute approximate surface area is 163 Å². The van der Waals surface area contributed by atoms with Crippen LogP contribution in [0.5, 0.6) is 0 Å². The van der Waals surface area contributed by atoms with Crippen LogP contribution < -0.4 is 5.32 Å². The Hall–Kier alpha value is -2.29. The first kappa shape index (κ1) is 23.7. The zero-order chi connectivity index (χ0) is 21.5. The first-order valence-electron chi connectivity index (χ1n) is 8.84. The van der Waals surface area contributed by atoms with Gasteiger partial charge in [0.1, 0.15) is 12.1 Å². The fraction of sp³-hybridized carbons (Fsp3) is 0.579. The van der Waals surface area contributed by atoms with Crippen LogP contribution >= 0.6 is 0 Å². The van der Waals surface area contributed by atoms with Crippen LogP contribution in [-0.2, 0) is 22.3 Å². The summed E-state index contributed by atoms with van der Waals surface area (Å²) >= 11 is 0. The van der Waals surface area contributed by atoms with Crippen LogP contribution in [0, 0.1) is 0 Å². The van der Waals surface area contributed by atoms with Gasteiger partial charge in [0.15, 0.2) is 0 Å². The standard InChI is InChI=1S/C19H28F3N3O3/c1-18(2,3)28-17(27)23-12-16(26)25(11-10-24(4)5)13-14-8-6-7-9-15(14)19(20,21)22/h6-9H,10-13H2,1-5H3,(H,23,27). The summed E-state index contributed by atoms with van der Waals surface area (Å²) in [7, 11) is 3.59. The second-order valence-electron chi connectivity index (χ2n) is 7.63. The molecular weight excluding hydrogens is 375 g/mol. The predicted molar refractivity (Wildman–Crippen MR) is 99.7 cm³/mol. The Bertz CT molecular complexity index is 670. The van der Waals surface area contributed by atoms with Crippen molar-refractivity contribution in [2.24, 2.45) is 0 Å². The highest BCUT2D eigenvalue weighted by molar-refractivity contribution is 5.82. The Morgan fingerprint density at radius 1 is 1.07 bits per heavy atom. The fourth-order valence-electron chi connectivity index (χ4n) is 2.33. The van der Waals surface area contributed by atoms with Gasteiger partial charge >= 0.3 is 12.3 Å². The lowest BCUT2D eigenvalue weighted by Crippen LogP contribution is -2.43. The number of ether oxygens (including phenoxy) is 1. The van der Waals surface area contributed by atoms with Gasteiger partial charge in [-0.25, -0.2) is 4.79 Å². The number of halogens is 3. The molecule has 1 aromatic carbocycles. The number of nitrogens with one attached hydrogen (secondary N) is 1. The van der Waals surface area contributed by atoms with Gasteiger partial charge in [-0.05, 0) is 46.5 Å². The van der Waals surface area contributed by atoms with Crippen LogP contribution in [0.25, 0.3) is 0 Å². The number of hydrogen-bond donors (Lipinski definition) is 1. The van der Waals surface area contributed by atoms with Crippen LogP contribution in [0.4, 0.5) is 18.0 Å². The minimum atomic E-state index is -4.51. The SMILES string of the molecule is CN(C)CCN(Cc1ccccc1C(F)(F)F)C(=O)CNC(=O)OC(C)(C)C. The smallest absolute Gasteiger partial charge is 0.416 e. The zero-order valence-electron chi connectivity index (χ0n) is 16.9. The molecule has 1 N–H and O–H groups in total. The molecule has 0 aliphatic rings. The number of carbonyl (C=O) groups is 2. The van der Waals surface area contributed by atoms with Gasteiger partial charge in [0.05, 0.1) is 5.56 Å². The minimum Gasteiger partial charge on any atom is -0.444 e. The van der Waals surface area contributed by atoms with Crippen molar-refractivity contribution in [1.82, 2.24) is 15.1 Å². The van der Waals surface area contributed by atoms with Crippen molar-refractivity contribution in [3.05, 3.63) is 35.4 Å². The molecule has 0 saturated heterocycles. The number of nitrogens with zero attached hydrogens (tertiary/aromatic N) is 2. The molecule has 0 bridgehead atoms. The highest BCUT2D eigenvalue weighted by Crippen LogP contribution is 2.32. The molecule has 0 radical (unpaired) electrons. The summed E-state index contributed by atoms with van der Waals surface area (Å²) in [5.74, 6) is -0.496. The fourth-order valence-corrected chi connectivity index (χ4v) is 2.33. The van der Waals surface area contributed by atoms with Gasteiger partial charge in [0, 0.05) is 19.6 Å². The van der Waals surface area contributed by atoms with E-state index in [0.717, 1.165) is 6.07 Å². The number of amides is 2. The van der Waals surface area contributed by atoms with Crippen molar-refractivity contribution in [3.63, 3.8) is 0 Å². The van der Waals surface area contributed by atoms with Crippen molar-refractivity contribution in [2.75, 3.05) is 33.7 Å². The quantitative estimate of drug-likeness (QED) is 0.760. The number of carbonyl (C=O) groups excluding carboxylic acids is 2. The Balaban J connectivity index is 2.89. The third-order valence-corrected chi connectivity index (χ3v) is 3.64. The van der Waals surface area contributed by atoms with Crippen molar-refractivity contribution in [3.8, 4) is 0 Å². The monoisotopic (exact) mass is 403 g/mol. The lowest BCUT2D eigenvalue weighted by atomic mass is 10.1. The average Bonchev–Trinajstić information content (AvgIpc) is 2.54. The van der Waals surface area contributed by atoms with Gasteiger partial charge < -0.3 is 19.9 Å². The van der Waals surface area contributed by atoms with Gasteiger partial charge in [0.2, 0.25) is 5.91 Å². The normalized spacial score (nSPS) is 12.0. The molecule has 2 amide bonds. The summed E-state index contributed by atoms with van der Waals surface area (Å²) < 4.78 is 44.8. The molecule has 9 heteroatoms. The lowest BCUT2D eigenvalue weighted by Gasteiger charge is -2.26. The second-order valence-corrected chi connectivity index (χ2v) is 7.63. The van der Waals surface area contributed by atoms with Crippen LogP contribution in [0.2, 0.25) is 0 Å². The lowest BCUT2D eigenvalue weighted by molar-refractivity contribution is -0.139. The van der Waals surface area contributed by atoms with E-state index in [9.17, 15) is 22.8 Å². The molecule has 28 heavy (non-hydrogen) atoms. The maximum Gasteiger partial charge on any atom is 0.416 e. The molecule has 0 saturated carbocycles. The summed E-state index contributed by atoms with van der Waals surface area (Å²) in [6, 6.07) is 5.14. The maximum atomic E-state index is 13.2. The van der Waals surface area contributed by atoms with E-state index in [1.54, 1.807) is 34.9 Å². The number of likely N-dealkylation sites (N-methyl/N-ethyl adjacent to an activating group) is 1. The molecule has 0 spiro atoms. The molecule has 1 aromatic rings. The third kappa shape index (κ3) is 8.60. The highest BCUT2D eigenvalue weighted by atomic mass is 19.4. The molecule has 0 unspecified atom stereocenters. The van der Waals surface area contributed by atoms with Crippen molar-refractivity contribution >= 4 is 12.0 Å². The molecule has 158 valence electrons. The first-order valence-corrected chi connectivity index (χ1v) is 8.84. The minimum absolute atomic E-state index is 0.000579. The van der Waals surface area contributed by atoms with E-state index >= 15 is 0 Å². The Morgan fingerprint density at radius 3 is 2.21 bits per heavy atom. The maximum absolute atomic E-state index is 13.2. The molecule has 0 heterocycles. The molecule has 0 fully saturated rings. The molecule has 0 aromatic heterocycles. The Kier molecular flexibility index (Phi) is 8.29. The molecular formula is C19H28F3N3O3. The van der Waals surface area contributed by atoms with E-state index in [-0.39, 0.29) is 25.2 Å². The molecule has 0 aliphatic carbocycles. The summed E-state index contributed by atoms with van der Waals surface area (Å²) in [6.07, 6.45) is -5.27. The van der Waals surface area contributed by atoms with E-state index in [0.29, 0.717) is 6.54 Å². The summed E-state index contributed by atoms with van der Waals surface area (Å²) in [4.78, 5) is 27.4. The zero-order valence-corrected chi connectivity index (χ0v) is 16.9. The van der Waals surface area contributed by atoms with Crippen molar-refractivity contribution in [2.45, 2.75) is 39.1 Å². The Morgan fingerprint density at radius 2 is 1.68 bits per heavy atom. The number of alkyl halides is 3. The van der Waals surface area contributed by atoms with Gasteiger partial charge in [-0.2, -0.15) is 13.2 Å². The summed E-state index contributed by atoms with van der Waals surface area (Å²) in [6.45, 7) is 5.17. The molecule has 0 aliphatic heterocycles. The number of alkyl carbamates (subject to hydrolysis) is 1. The van der Waals surface area contributed by atoms with Crippen molar-refractivity contribution in [1.29, 1.82) is 0 Å². The third-order valence-electron chi connectivity index (χ3n) is 3.64. The first-order chi connectivity index (χ1) is 12.8. The van der Waals surface area contributed by atoms with Gasteiger partial charge in [0.25, 0.3) is 0 Å². The van der Waals surface area contributed by atoms with Gasteiger partial charge in [-0.1, -0.05) is 18.2 Å². The number of rotatable bonds is 7. The van der Waals surface area contributed by atoms with Gasteiger partial charge in [-0.15, -0.1) is 0 Å². The second kappa shape index (κ2) is 9.77. The highest BCUT2D eigenvalue weighted by Gasteiger charge is 2.33. The predicted octanol–water partition coefficient (Wildman–Crippen LogP) is 3.12. The van der Waals surface area contributed by atoms with Crippen molar-refractivity contribution < 1.29 is 27.5 Å². The van der Waals surface area contributed by atoms with E-state index in [2.05, 4.69) is 5.32 Å².